The van der Waals surface area contributed by atoms with E-state index in [0.29, 0.717) is 18.4 Å². The summed E-state index contributed by atoms with van der Waals surface area (Å²) in [5, 5.41) is 0. The van der Waals surface area contributed by atoms with Gasteiger partial charge < -0.3 is 15.4 Å². The summed E-state index contributed by atoms with van der Waals surface area (Å²) < 4.78 is 4.77. The van der Waals surface area contributed by atoms with E-state index in [1.807, 2.05) is 0 Å². The quantitative estimate of drug-likeness (QED) is 0.720. The molecular weight excluding hydrogens is 240 g/mol. The Bertz CT molecular complexity index is 284. The summed E-state index contributed by atoms with van der Waals surface area (Å²) in [4.78, 5) is 14.1. The molecule has 0 saturated heterocycles. The van der Waals surface area contributed by atoms with Crippen molar-refractivity contribution >= 4 is 5.97 Å². The van der Waals surface area contributed by atoms with Gasteiger partial charge in [-0.1, -0.05) is 26.7 Å². The van der Waals surface area contributed by atoms with Gasteiger partial charge in [-0.25, -0.2) is 0 Å². The molecule has 0 aromatic carbocycles. The Morgan fingerprint density at radius 3 is 2.47 bits per heavy atom. The topological polar surface area (TPSA) is 55.6 Å². The second-order valence-electron chi connectivity index (χ2n) is 6.49. The monoisotopic (exact) mass is 270 g/mol. The van der Waals surface area contributed by atoms with Crippen molar-refractivity contribution < 1.29 is 9.53 Å². The molecule has 1 fully saturated rings. The number of methoxy groups -OCH3 is 1. The molecule has 112 valence electrons. The third kappa shape index (κ3) is 5.11. The van der Waals surface area contributed by atoms with Gasteiger partial charge in [-0.2, -0.15) is 0 Å². The number of hydrogen-bond donors (Lipinski definition) is 1. The fourth-order valence-electron chi connectivity index (χ4n) is 2.87. The van der Waals surface area contributed by atoms with Crippen LogP contribution in [0.1, 0.15) is 52.9 Å². The molecule has 1 rings (SSSR count). The Kier molecular flexibility index (Phi) is 6.27. The molecule has 0 bridgehead atoms. The fraction of sp³-hybridized carbons (Fsp3) is 0.933. The van der Waals surface area contributed by atoms with Crippen LogP contribution >= 0.6 is 0 Å². The van der Waals surface area contributed by atoms with Crippen LogP contribution in [-0.4, -0.2) is 42.6 Å². The predicted octanol–water partition coefficient (Wildman–Crippen LogP) is 2.17. The van der Waals surface area contributed by atoms with E-state index in [2.05, 4.69) is 18.7 Å². The highest BCUT2D eigenvalue weighted by atomic mass is 16.5. The molecule has 2 N–H and O–H groups in total. The van der Waals surface area contributed by atoms with Gasteiger partial charge in [0.2, 0.25) is 0 Å². The average Bonchev–Trinajstić information content (AvgIpc) is 2.86. The highest BCUT2D eigenvalue weighted by molar-refractivity contribution is 5.79. The van der Waals surface area contributed by atoms with Gasteiger partial charge in [0.1, 0.15) is 5.54 Å². The van der Waals surface area contributed by atoms with Crippen LogP contribution in [0, 0.1) is 5.92 Å². The average molecular weight is 270 g/mol. The normalized spacial score (nSPS) is 19.9. The van der Waals surface area contributed by atoms with Gasteiger partial charge >= 0.3 is 5.97 Å². The maximum atomic E-state index is 11.6. The lowest BCUT2D eigenvalue weighted by molar-refractivity contribution is -0.146. The molecule has 1 unspecified atom stereocenters. The van der Waals surface area contributed by atoms with E-state index >= 15 is 0 Å². The van der Waals surface area contributed by atoms with E-state index in [-0.39, 0.29) is 5.97 Å². The summed E-state index contributed by atoms with van der Waals surface area (Å²) >= 11 is 0. The van der Waals surface area contributed by atoms with Crippen molar-refractivity contribution in [2.24, 2.45) is 11.7 Å². The second kappa shape index (κ2) is 7.25. The molecule has 19 heavy (non-hydrogen) atoms. The molecule has 0 heterocycles. The molecule has 0 spiro atoms. The number of carbonyl (C=O) groups is 1. The van der Waals surface area contributed by atoms with Gasteiger partial charge in [0.25, 0.3) is 0 Å². The third-order valence-corrected chi connectivity index (χ3v) is 4.01. The molecule has 0 radical (unpaired) electrons. The molecule has 0 aromatic heterocycles. The number of rotatable bonds is 7. The van der Waals surface area contributed by atoms with Crippen molar-refractivity contribution in [3.8, 4) is 0 Å². The van der Waals surface area contributed by atoms with Crippen LogP contribution < -0.4 is 5.73 Å². The maximum absolute atomic E-state index is 11.6. The van der Waals surface area contributed by atoms with Crippen LogP contribution in [0.2, 0.25) is 0 Å². The van der Waals surface area contributed by atoms with E-state index in [1.54, 1.807) is 6.92 Å². The molecule has 1 aliphatic carbocycles. The Morgan fingerprint density at radius 2 is 2.00 bits per heavy atom. The minimum Gasteiger partial charge on any atom is -0.468 e. The zero-order valence-corrected chi connectivity index (χ0v) is 12.9. The standard InChI is InChI=1S/C15H30N2O2/c1-12(2)11-17(13-7-5-6-8-13)10-9-15(3,16)14(18)19-4/h12-13H,5-11,16H2,1-4H3. The van der Waals surface area contributed by atoms with Crippen molar-refractivity contribution in [2.75, 3.05) is 20.2 Å². The molecule has 1 aliphatic rings. The lowest BCUT2D eigenvalue weighted by Crippen LogP contribution is -2.49. The predicted molar refractivity (Wildman–Crippen MR) is 77.9 cm³/mol. The van der Waals surface area contributed by atoms with Crippen molar-refractivity contribution in [3.63, 3.8) is 0 Å². The lowest BCUT2D eigenvalue weighted by Gasteiger charge is -2.33. The molecular formula is C15H30N2O2. The van der Waals surface area contributed by atoms with Gasteiger partial charge in [0.15, 0.2) is 0 Å². The Hall–Kier alpha value is -0.610. The number of esters is 1. The summed E-state index contributed by atoms with van der Waals surface area (Å²) in [6.45, 7) is 8.21. The molecule has 1 atom stereocenters. The lowest BCUT2D eigenvalue weighted by atomic mass is 9.98. The third-order valence-electron chi connectivity index (χ3n) is 4.01. The summed E-state index contributed by atoms with van der Waals surface area (Å²) in [7, 11) is 1.40. The van der Waals surface area contributed by atoms with Crippen LogP contribution in [0.4, 0.5) is 0 Å². The SMILES string of the molecule is COC(=O)C(C)(N)CCN(CC(C)C)C1CCCC1. The fourth-order valence-corrected chi connectivity index (χ4v) is 2.87. The first-order valence-corrected chi connectivity index (χ1v) is 7.48. The van der Waals surface area contributed by atoms with E-state index < -0.39 is 5.54 Å². The number of hydrogen-bond acceptors (Lipinski definition) is 4. The summed E-state index contributed by atoms with van der Waals surface area (Å²) in [5.41, 5.74) is 5.17. The van der Waals surface area contributed by atoms with E-state index in [9.17, 15) is 4.79 Å². The van der Waals surface area contributed by atoms with E-state index in [0.717, 1.165) is 13.1 Å². The molecule has 0 aliphatic heterocycles. The molecule has 4 nitrogen and oxygen atoms in total. The van der Waals surface area contributed by atoms with Crippen molar-refractivity contribution in [2.45, 2.75) is 64.5 Å². The van der Waals surface area contributed by atoms with Crippen LogP contribution in [0.15, 0.2) is 0 Å². The van der Waals surface area contributed by atoms with Crippen LogP contribution in [0.5, 0.6) is 0 Å². The van der Waals surface area contributed by atoms with Crippen molar-refractivity contribution in [1.29, 1.82) is 0 Å². The number of nitrogens with zero attached hydrogens (tertiary/aromatic N) is 1. The highest BCUT2D eigenvalue weighted by Crippen LogP contribution is 2.25. The molecule has 4 heteroatoms. The largest absolute Gasteiger partial charge is 0.468 e. The van der Waals surface area contributed by atoms with Crippen LogP contribution in [-0.2, 0) is 9.53 Å². The zero-order chi connectivity index (χ0) is 14.5. The van der Waals surface area contributed by atoms with Gasteiger partial charge in [-0.3, -0.25) is 4.79 Å². The highest BCUT2D eigenvalue weighted by Gasteiger charge is 2.31. The Balaban J connectivity index is 2.54. The number of nitrogens with two attached hydrogens (primary N) is 1. The van der Waals surface area contributed by atoms with Crippen LogP contribution in [0.25, 0.3) is 0 Å². The molecule has 1 saturated carbocycles. The first kappa shape index (κ1) is 16.4. The smallest absolute Gasteiger partial charge is 0.325 e. The number of ether oxygens (including phenoxy) is 1. The van der Waals surface area contributed by atoms with E-state index in [1.165, 1.54) is 32.8 Å². The number of carbonyl (C=O) groups excluding carboxylic acids is 1. The van der Waals surface area contributed by atoms with E-state index in [4.69, 9.17) is 10.5 Å². The van der Waals surface area contributed by atoms with Crippen molar-refractivity contribution in [3.05, 3.63) is 0 Å². The summed E-state index contributed by atoms with van der Waals surface area (Å²) in [6.07, 6.45) is 5.88. The molecule has 0 amide bonds. The molecule has 0 aromatic rings. The van der Waals surface area contributed by atoms with Gasteiger partial charge in [0.05, 0.1) is 7.11 Å². The van der Waals surface area contributed by atoms with Crippen LogP contribution in [0.3, 0.4) is 0 Å². The zero-order valence-electron chi connectivity index (χ0n) is 12.9. The Labute approximate surface area is 117 Å². The minimum absolute atomic E-state index is 0.316. The minimum atomic E-state index is -0.872. The second-order valence-corrected chi connectivity index (χ2v) is 6.49. The summed E-state index contributed by atoms with van der Waals surface area (Å²) in [6, 6.07) is 0.677. The van der Waals surface area contributed by atoms with Gasteiger partial charge in [-0.15, -0.1) is 0 Å². The Morgan fingerprint density at radius 1 is 1.42 bits per heavy atom. The van der Waals surface area contributed by atoms with Crippen molar-refractivity contribution in [1.82, 2.24) is 4.90 Å². The van der Waals surface area contributed by atoms with Gasteiger partial charge in [-0.05, 0) is 32.1 Å². The first-order chi connectivity index (χ1) is 8.86. The first-order valence-electron chi connectivity index (χ1n) is 7.48. The maximum Gasteiger partial charge on any atom is 0.325 e. The summed E-state index contributed by atoms with van der Waals surface area (Å²) in [5.74, 6) is 0.325. The van der Waals surface area contributed by atoms with Gasteiger partial charge in [0, 0.05) is 19.1 Å².